The number of rotatable bonds is 0. The molecule has 0 aromatic carbocycles. The maximum atomic E-state index is 11.1. The van der Waals surface area contributed by atoms with Crippen LogP contribution < -0.4 is 0 Å². The van der Waals surface area contributed by atoms with Gasteiger partial charge in [-0.1, -0.05) is 0 Å². The minimum absolute atomic E-state index is 0.109. The van der Waals surface area contributed by atoms with Gasteiger partial charge in [0.2, 0.25) is 5.91 Å². The summed E-state index contributed by atoms with van der Waals surface area (Å²) in [7, 11) is 1.51. The van der Waals surface area contributed by atoms with E-state index >= 15 is 0 Å². The van der Waals surface area contributed by atoms with Crippen LogP contribution in [-0.4, -0.2) is 27.8 Å². The van der Waals surface area contributed by atoms with E-state index in [0.717, 1.165) is 16.7 Å². The standard InChI is InChI=1S/C6H9NO2S/c1-6(2)4(8)7(3)5(9)10-6/h1-3H3. The highest BCUT2D eigenvalue weighted by Crippen LogP contribution is 2.35. The van der Waals surface area contributed by atoms with Gasteiger partial charge in [-0.05, 0) is 25.6 Å². The molecule has 4 heteroatoms. The van der Waals surface area contributed by atoms with E-state index < -0.39 is 4.75 Å². The van der Waals surface area contributed by atoms with Crippen molar-refractivity contribution in [1.29, 1.82) is 0 Å². The van der Waals surface area contributed by atoms with E-state index in [0.29, 0.717) is 0 Å². The third kappa shape index (κ3) is 0.923. The molecule has 0 radical (unpaired) electrons. The topological polar surface area (TPSA) is 37.4 Å². The molecule has 2 amide bonds. The Morgan fingerprint density at radius 2 is 1.90 bits per heavy atom. The molecule has 56 valence electrons. The lowest BCUT2D eigenvalue weighted by Gasteiger charge is -2.11. The Labute approximate surface area is 63.8 Å². The van der Waals surface area contributed by atoms with Crippen LogP contribution in [0.2, 0.25) is 0 Å². The van der Waals surface area contributed by atoms with Crippen molar-refractivity contribution >= 4 is 22.9 Å². The van der Waals surface area contributed by atoms with Gasteiger partial charge in [0, 0.05) is 7.05 Å². The predicted octanol–water partition coefficient (Wildman–Crippen LogP) is 1.09. The molecule has 0 spiro atoms. The molecule has 0 aliphatic carbocycles. The maximum absolute atomic E-state index is 11.1. The summed E-state index contributed by atoms with van der Waals surface area (Å²) in [4.78, 5) is 23.1. The summed E-state index contributed by atoms with van der Waals surface area (Å²) in [6.45, 7) is 3.50. The van der Waals surface area contributed by atoms with Gasteiger partial charge in [-0.2, -0.15) is 0 Å². The third-order valence-corrected chi connectivity index (χ3v) is 2.57. The Balaban J connectivity index is 2.92. The lowest BCUT2D eigenvalue weighted by Crippen LogP contribution is -2.32. The van der Waals surface area contributed by atoms with Gasteiger partial charge < -0.3 is 0 Å². The first kappa shape index (κ1) is 7.60. The predicted molar refractivity (Wildman–Crippen MR) is 39.8 cm³/mol. The number of carbonyl (C=O) groups is 2. The van der Waals surface area contributed by atoms with Crippen LogP contribution in [0.5, 0.6) is 0 Å². The molecule has 1 saturated heterocycles. The van der Waals surface area contributed by atoms with Crippen LogP contribution in [0.15, 0.2) is 0 Å². The van der Waals surface area contributed by atoms with Gasteiger partial charge in [-0.25, -0.2) is 0 Å². The molecule has 0 aromatic rings. The van der Waals surface area contributed by atoms with E-state index in [1.807, 2.05) is 0 Å². The molecule has 0 aromatic heterocycles. The van der Waals surface area contributed by atoms with Crippen LogP contribution >= 0.6 is 11.8 Å². The van der Waals surface area contributed by atoms with E-state index in [1.54, 1.807) is 13.8 Å². The molecule has 0 saturated carbocycles. The SMILES string of the molecule is CN1C(=O)SC(C)(C)C1=O. The summed E-state index contributed by atoms with van der Waals surface area (Å²) >= 11 is 1.08. The number of imide groups is 1. The Hall–Kier alpha value is -0.510. The molecule has 0 N–H and O–H groups in total. The van der Waals surface area contributed by atoms with Crippen LogP contribution in [0.1, 0.15) is 13.8 Å². The molecular formula is C6H9NO2S. The van der Waals surface area contributed by atoms with Crippen molar-refractivity contribution < 1.29 is 9.59 Å². The zero-order valence-electron chi connectivity index (χ0n) is 6.17. The molecule has 0 bridgehead atoms. The van der Waals surface area contributed by atoms with Crippen molar-refractivity contribution in [3.8, 4) is 0 Å². The highest BCUT2D eigenvalue weighted by molar-refractivity contribution is 8.16. The average Bonchev–Trinajstić information content (AvgIpc) is 1.95. The summed E-state index contributed by atoms with van der Waals surface area (Å²) in [5.74, 6) is -0.109. The molecule has 1 aliphatic heterocycles. The summed E-state index contributed by atoms with van der Waals surface area (Å²) in [5.41, 5.74) is 0. The van der Waals surface area contributed by atoms with Crippen LogP contribution in [0, 0.1) is 0 Å². The molecular weight excluding hydrogens is 150 g/mol. The number of hydrogen-bond donors (Lipinski definition) is 0. The van der Waals surface area contributed by atoms with Gasteiger partial charge in [0.25, 0.3) is 5.24 Å². The average molecular weight is 159 g/mol. The Kier molecular flexibility index (Phi) is 1.51. The van der Waals surface area contributed by atoms with E-state index in [9.17, 15) is 9.59 Å². The molecule has 0 atom stereocenters. The Morgan fingerprint density at radius 3 is 2.00 bits per heavy atom. The summed E-state index contributed by atoms with van der Waals surface area (Å²) in [6.07, 6.45) is 0. The fourth-order valence-corrected chi connectivity index (χ4v) is 1.70. The smallest absolute Gasteiger partial charge is 0.275 e. The first-order chi connectivity index (χ1) is 4.45. The largest absolute Gasteiger partial charge is 0.289 e. The van der Waals surface area contributed by atoms with Crippen LogP contribution in [-0.2, 0) is 4.79 Å². The molecule has 1 rings (SSSR count). The van der Waals surface area contributed by atoms with Gasteiger partial charge >= 0.3 is 0 Å². The maximum Gasteiger partial charge on any atom is 0.289 e. The van der Waals surface area contributed by atoms with E-state index in [1.165, 1.54) is 7.05 Å². The second-order valence-corrected chi connectivity index (χ2v) is 4.32. The summed E-state index contributed by atoms with van der Waals surface area (Å²) in [6, 6.07) is 0. The highest BCUT2D eigenvalue weighted by atomic mass is 32.2. The third-order valence-electron chi connectivity index (χ3n) is 1.44. The Bertz CT molecular complexity index is 200. The van der Waals surface area contributed by atoms with Gasteiger partial charge in [0.15, 0.2) is 0 Å². The number of carbonyl (C=O) groups excluding carboxylic acids is 2. The second kappa shape index (κ2) is 1.99. The van der Waals surface area contributed by atoms with Gasteiger partial charge in [0.1, 0.15) is 0 Å². The fourth-order valence-electron chi connectivity index (χ4n) is 0.817. The van der Waals surface area contributed by atoms with Gasteiger partial charge in [0.05, 0.1) is 4.75 Å². The number of thioether (sulfide) groups is 1. The first-order valence-corrected chi connectivity index (χ1v) is 3.78. The van der Waals surface area contributed by atoms with Crippen LogP contribution in [0.3, 0.4) is 0 Å². The second-order valence-electron chi connectivity index (χ2n) is 2.74. The number of nitrogens with zero attached hydrogens (tertiary/aromatic N) is 1. The van der Waals surface area contributed by atoms with Crippen molar-refractivity contribution in [2.45, 2.75) is 18.6 Å². The molecule has 1 aliphatic rings. The molecule has 0 unspecified atom stereocenters. The molecule has 3 nitrogen and oxygen atoms in total. The first-order valence-electron chi connectivity index (χ1n) is 2.96. The minimum Gasteiger partial charge on any atom is -0.275 e. The van der Waals surface area contributed by atoms with E-state index in [-0.39, 0.29) is 11.1 Å². The van der Waals surface area contributed by atoms with Crippen molar-refractivity contribution in [3.63, 3.8) is 0 Å². The molecule has 1 fully saturated rings. The lowest BCUT2D eigenvalue weighted by molar-refractivity contribution is -0.127. The van der Waals surface area contributed by atoms with Gasteiger partial charge in [-0.3, -0.25) is 14.5 Å². The highest BCUT2D eigenvalue weighted by Gasteiger charge is 2.43. The summed E-state index contributed by atoms with van der Waals surface area (Å²) in [5, 5.41) is -0.157. The number of hydrogen-bond acceptors (Lipinski definition) is 3. The minimum atomic E-state index is -0.550. The van der Waals surface area contributed by atoms with Crippen molar-refractivity contribution in [3.05, 3.63) is 0 Å². The fraction of sp³-hybridized carbons (Fsp3) is 0.667. The van der Waals surface area contributed by atoms with E-state index in [2.05, 4.69) is 0 Å². The van der Waals surface area contributed by atoms with Crippen LogP contribution in [0.4, 0.5) is 4.79 Å². The van der Waals surface area contributed by atoms with Crippen LogP contribution in [0.25, 0.3) is 0 Å². The van der Waals surface area contributed by atoms with Crippen molar-refractivity contribution in [2.24, 2.45) is 0 Å². The summed E-state index contributed by atoms with van der Waals surface area (Å²) < 4.78 is -0.550. The van der Waals surface area contributed by atoms with Crippen molar-refractivity contribution in [2.75, 3.05) is 7.05 Å². The zero-order valence-corrected chi connectivity index (χ0v) is 6.99. The van der Waals surface area contributed by atoms with E-state index in [4.69, 9.17) is 0 Å². The normalized spacial score (nSPS) is 24.1. The lowest BCUT2D eigenvalue weighted by atomic mass is 10.2. The number of amides is 2. The molecule has 10 heavy (non-hydrogen) atoms. The Morgan fingerprint density at radius 1 is 1.40 bits per heavy atom. The quantitative estimate of drug-likeness (QED) is 0.531. The zero-order chi connectivity index (χ0) is 7.94. The monoisotopic (exact) mass is 159 g/mol. The van der Waals surface area contributed by atoms with Crippen molar-refractivity contribution in [1.82, 2.24) is 4.90 Å². The van der Waals surface area contributed by atoms with Gasteiger partial charge in [-0.15, -0.1) is 0 Å². The molecule has 1 heterocycles.